The summed E-state index contributed by atoms with van der Waals surface area (Å²) in [5.41, 5.74) is 4.90. The third-order valence-electron chi connectivity index (χ3n) is 0.950. The molecule has 0 aromatic heterocycles. The Hall–Kier alpha value is -0.580. The molecular weight excluding hydrogens is 188 g/mol. The Kier molecular flexibility index (Phi) is 1.70. The fourth-order valence-electron chi connectivity index (χ4n) is 0.501. The molecule has 0 radical (unpaired) electrons. The molecule has 0 spiro atoms. The lowest BCUT2D eigenvalue weighted by Crippen LogP contribution is -2.27. The highest BCUT2D eigenvalue weighted by Gasteiger charge is 2.23. The minimum atomic E-state index is -0.570. The molecule has 5 heteroatoms. The van der Waals surface area contributed by atoms with Gasteiger partial charge < -0.3 is 10.6 Å². The minimum absolute atomic E-state index is 0.454. The van der Waals surface area contributed by atoms with Crippen molar-refractivity contribution >= 4 is 26.5 Å². The van der Waals surface area contributed by atoms with E-state index in [4.69, 9.17) is 5.73 Å². The van der Waals surface area contributed by atoms with Crippen molar-refractivity contribution in [1.82, 2.24) is 0 Å². The van der Waals surface area contributed by atoms with Crippen LogP contribution in [0.15, 0.2) is 5.16 Å². The fraction of sp³-hybridized carbons (Fsp3) is 0.500. The zero-order valence-electron chi connectivity index (χ0n) is 4.50. The Balaban J connectivity index is 2.47. The number of rotatable bonds is 1. The summed E-state index contributed by atoms with van der Waals surface area (Å²) in [6.07, 6.45) is -0.116. The number of carbonyl (C=O) groups is 1. The van der Waals surface area contributed by atoms with Crippen LogP contribution in [0.1, 0.15) is 6.42 Å². The van der Waals surface area contributed by atoms with Gasteiger partial charge in [-0.2, -0.15) is 0 Å². The predicted molar refractivity (Wildman–Crippen MR) is 35.0 cm³/mol. The van der Waals surface area contributed by atoms with Gasteiger partial charge in [-0.1, -0.05) is 5.16 Å². The summed E-state index contributed by atoms with van der Waals surface area (Å²) < 4.78 is 0.631. The van der Waals surface area contributed by atoms with Gasteiger partial charge in [-0.05, 0) is 15.9 Å². The van der Waals surface area contributed by atoms with Gasteiger partial charge in [0.15, 0.2) is 0 Å². The van der Waals surface area contributed by atoms with Crippen LogP contribution in [0.25, 0.3) is 0 Å². The Morgan fingerprint density at radius 2 is 2.67 bits per heavy atom. The lowest BCUT2D eigenvalue weighted by Gasteiger charge is -1.98. The first-order chi connectivity index (χ1) is 4.20. The van der Waals surface area contributed by atoms with Crippen molar-refractivity contribution in [2.75, 3.05) is 0 Å². The van der Waals surface area contributed by atoms with Gasteiger partial charge in [-0.25, -0.2) is 0 Å². The van der Waals surface area contributed by atoms with Crippen LogP contribution in [0.5, 0.6) is 0 Å². The van der Waals surface area contributed by atoms with Gasteiger partial charge in [-0.3, -0.25) is 4.79 Å². The molecule has 1 amide bonds. The topological polar surface area (TPSA) is 64.7 Å². The van der Waals surface area contributed by atoms with E-state index in [1.165, 1.54) is 0 Å². The summed E-state index contributed by atoms with van der Waals surface area (Å²) in [6, 6.07) is 0. The van der Waals surface area contributed by atoms with Gasteiger partial charge in [0.25, 0.3) is 5.91 Å². The molecule has 4 nitrogen and oxygen atoms in total. The van der Waals surface area contributed by atoms with Crippen LogP contribution in [0.2, 0.25) is 0 Å². The molecule has 1 aliphatic rings. The Morgan fingerprint density at radius 1 is 2.00 bits per heavy atom. The van der Waals surface area contributed by atoms with E-state index in [2.05, 4.69) is 25.9 Å². The SMILES string of the molecule is NC(=O)[C@@H]1CC(Br)=NO1. The molecule has 0 saturated heterocycles. The third-order valence-corrected chi connectivity index (χ3v) is 1.42. The lowest BCUT2D eigenvalue weighted by molar-refractivity contribution is -0.127. The van der Waals surface area contributed by atoms with E-state index in [1.807, 2.05) is 0 Å². The van der Waals surface area contributed by atoms with Gasteiger partial charge in [0.1, 0.15) is 4.62 Å². The highest BCUT2D eigenvalue weighted by molar-refractivity contribution is 9.18. The number of nitrogens with zero attached hydrogens (tertiary/aromatic N) is 1. The van der Waals surface area contributed by atoms with Crippen LogP contribution >= 0.6 is 15.9 Å². The lowest BCUT2D eigenvalue weighted by atomic mass is 10.3. The predicted octanol–water partition coefficient (Wildman–Crippen LogP) is -0.0310. The minimum Gasteiger partial charge on any atom is -0.381 e. The highest BCUT2D eigenvalue weighted by Crippen LogP contribution is 2.12. The largest absolute Gasteiger partial charge is 0.381 e. The van der Waals surface area contributed by atoms with Crippen molar-refractivity contribution in [2.45, 2.75) is 12.5 Å². The number of carbonyl (C=O) groups excluding carboxylic acids is 1. The molecule has 0 fully saturated rings. The van der Waals surface area contributed by atoms with Crippen molar-refractivity contribution in [3.05, 3.63) is 0 Å². The molecule has 0 unspecified atom stereocenters. The van der Waals surface area contributed by atoms with Crippen LogP contribution in [-0.4, -0.2) is 16.6 Å². The number of hydrogen-bond acceptors (Lipinski definition) is 3. The summed E-state index contributed by atoms with van der Waals surface area (Å²) in [6.45, 7) is 0. The number of nitrogens with two attached hydrogens (primary N) is 1. The van der Waals surface area contributed by atoms with Crippen LogP contribution in [0, 0.1) is 0 Å². The maximum atomic E-state index is 10.4. The van der Waals surface area contributed by atoms with Crippen LogP contribution in [0.4, 0.5) is 0 Å². The van der Waals surface area contributed by atoms with Crippen molar-refractivity contribution in [1.29, 1.82) is 0 Å². The first-order valence-electron chi connectivity index (χ1n) is 2.37. The summed E-state index contributed by atoms with van der Waals surface area (Å²) >= 11 is 3.06. The quantitative estimate of drug-likeness (QED) is 0.635. The molecule has 1 heterocycles. The first kappa shape index (κ1) is 6.54. The summed E-state index contributed by atoms with van der Waals surface area (Å²) in [5.74, 6) is -0.479. The second-order valence-electron chi connectivity index (χ2n) is 1.67. The molecule has 1 aliphatic heterocycles. The fourth-order valence-corrected chi connectivity index (χ4v) is 0.878. The van der Waals surface area contributed by atoms with E-state index in [9.17, 15) is 4.79 Å². The number of oxime groups is 1. The smallest absolute Gasteiger partial charge is 0.261 e. The first-order valence-corrected chi connectivity index (χ1v) is 3.17. The standard InChI is InChI=1S/C4H5BrN2O2/c5-3-1-2(4(6)8)9-7-3/h2H,1H2,(H2,6,8)/t2-/m0/s1. The molecule has 0 saturated carbocycles. The Morgan fingerprint density at radius 3 is 2.89 bits per heavy atom. The number of amides is 1. The molecule has 50 valence electrons. The monoisotopic (exact) mass is 192 g/mol. The summed E-state index contributed by atoms with van der Waals surface area (Å²) in [7, 11) is 0. The van der Waals surface area contributed by atoms with E-state index in [-0.39, 0.29) is 0 Å². The van der Waals surface area contributed by atoms with Gasteiger partial charge in [0, 0.05) is 6.42 Å². The average Bonchev–Trinajstić information content (AvgIpc) is 2.14. The summed E-state index contributed by atoms with van der Waals surface area (Å²) in [4.78, 5) is 14.9. The number of halogens is 1. The molecule has 2 N–H and O–H groups in total. The zero-order chi connectivity index (χ0) is 6.85. The van der Waals surface area contributed by atoms with E-state index in [1.54, 1.807) is 0 Å². The molecule has 0 aliphatic carbocycles. The van der Waals surface area contributed by atoms with E-state index in [0.717, 1.165) is 0 Å². The van der Waals surface area contributed by atoms with Crippen LogP contribution in [-0.2, 0) is 9.63 Å². The van der Waals surface area contributed by atoms with Gasteiger partial charge in [-0.15, -0.1) is 0 Å². The highest BCUT2D eigenvalue weighted by atomic mass is 79.9. The van der Waals surface area contributed by atoms with Crippen LogP contribution in [0.3, 0.4) is 0 Å². The zero-order valence-corrected chi connectivity index (χ0v) is 6.09. The second kappa shape index (κ2) is 2.34. The Labute approximate surface area is 60.2 Å². The van der Waals surface area contributed by atoms with E-state index < -0.39 is 12.0 Å². The Bertz CT molecular complexity index is 168. The van der Waals surface area contributed by atoms with E-state index >= 15 is 0 Å². The van der Waals surface area contributed by atoms with E-state index in [0.29, 0.717) is 11.0 Å². The van der Waals surface area contributed by atoms with Crippen molar-refractivity contribution < 1.29 is 9.63 Å². The number of primary amides is 1. The van der Waals surface area contributed by atoms with Crippen molar-refractivity contribution in [3.8, 4) is 0 Å². The third kappa shape index (κ3) is 1.41. The van der Waals surface area contributed by atoms with Crippen LogP contribution < -0.4 is 5.73 Å². The number of hydrogen-bond donors (Lipinski definition) is 1. The van der Waals surface area contributed by atoms with Gasteiger partial charge in [0.05, 0.1) is 0 Å². The normalized spacial score (nSPS) is 25.0. The van der Waals surface area contributed by atoms with Gasteiger partial charge >= 0.3 is 0 Å². The average molecular weight is 193 g/mol. The maximum Gasteiger partial charge on any atom is 0.261 e. The van der Waals surface area contributed by atoms with Crippen molar-refractivity contribution in [2.24, 2.45) is 10.9 Å². The molecule has 0 aromatic carbocycles. The summed E-state index contributed by atoms with van der Waals surface area (Å²) in [5, 5.41) is 3.47. The molecule has 0 aromatic rings. The molecule has 0 bridgehead atoms. The second-order valence-corrected chi connectivity index (χ2v) is 2.58. The van der Waals surface area contributed by atoms with Crippen molar-refractivity contribution in [3.63, 3.8) is 0 Å². The maximum absolute atomic E-state index is 10.4. The van der Waals surface area contributed by atoms with Gasteiger partial charge in [0.2, 0.25) is 6.10 Å². The molecule has 9 heavy (non-hydrogen) atoms. The molecule has 1 atom stereocenters. The molecule has 1 rings (SSSR count). The molecular formula is C4H5BrN2O2.